The highest BCUT2D eigenvalue weighted by Crippen LogP contribution is 2.30. The monoisotopic (exact) mass is 488 g/mol. The van der Waals surface area contributed by atoms with Crippen LogP contribution in [0.1, 0.15) is 22.3 Å². The maximum atomic E-state index is 12.4. The Morgan fingerprint density at radius 1 is 0.917 bits per heavy atom. The lowest BCUT2D eigenvalue weighted by Crippen LogP contribution is -2.37. The maximum Gasteiger partial charge on any atom is 0.329 e. The SMILES string of the molecule is COc1cccc(/C=N\NC(=O)C(=O)NCc2ccc(C)cc2)c1OCC(=O)Nc1ccccc1C. The molecule has 3 rings (SSSR count). The Kier molecular flexibility index (Phi) is 9.16. The summed E-state index contributed by atoms with van der Waals surface area (Å²) in [7, 11) is 1.47. The second-order valence-corrected chi connectivity index (χ2v) is 7.90. The molecule has 0 saturated heterocycles. The minimum atomic E-state index is -0.915. The molecule has 9 heteroatoms. The third-order valence-electron chi connectivity index (χ3n) is 5.15. The number of carbonyl (C=O) groups excluding carboxylic acids is 3. The van der Waals surface area contributed by atoms with Crippen LogP contribution in [0.5, 0.6) is 11.5 Å². The molecule has 0 aromatic heterocycles. The van der Waals surface area contributed by atoms with Crippen molar-refractivity contribution >= 4 is 29.6 Å². The van der Waals surface area contributed by atoms with Gasteiger partial charge in [0.05, 0.1) is 13.3 Å². The molecule has 3 amide bonds. The number of ether oxygens (including phenoxy) is 2. The normalized spacial score (nSPS) is 10.5. The minimum Gasteiger partial charge on any atom is -0.493 e. The molecule has 0 heterocycles. The fourth-order valence-electron chi connectivity index (χ4n) is 3.17. The van der Waals surface area contributed by atoms with Gasteiger partial charge in [-0.1, -0.05) is 54.1 Å². The zero-order valence-electron chi connectivity index (χ0n) is 20.3. The van der Waals surface area contributed by atoms with Gasteiger partial charge >= 0.3 is 11.8 Å². The Balaban J connectivity index is 1.58. The summed E-state index contributed by atoms with van der Waals surface area (Å²) in [6, 6.07) is 20.0. The topological polar surface area (TPSA) is 118 Å². The second-order valence-electron chi connectivity index (χ2n) is 7.90. The highest BCUT2D eigenvalue weighted by molar-refractivity contribution is 6.35. The van der Waals surface area contributed by atoms with Crippen LogP contribution in [-0.2, 0) is 20.9 Å². The van der Waals surface area contributed by atoms with Gasteiger partial charge in [-0.2, -0.15) is 5.10 Å². The van der Waals surface area contributed by atoms with E-state index in [1.54, 1.807) is 24.3 Å². The fraction of sp³-hybridized carbons (Fsp3) is 0.185. The van der Waals surface area contributed by atoms with Crippen molar-refractivity contribution in [2.75, 3.05) is 19.0 Å². The molecule has 0 saturated carbocycles. The number of amides is 3. The van der Waals surface area contributed by atoms with Crippen LogP contribution in [0.4, 0.5) is 5.69 Å². The zero-order chi connectivity index (χ0) is 25.9. The Morgan fingerprint density at radius 3 is 2.39 bits per heavy atom. The number of hydrazone groups is 1. The Bertz CT molecular complexity index is 1260. The highest BCUT2D eigenvalue weighted by atomic mass is 16.5. The summed E-state index contributed by atoms with van der Waals surface area (Å²) in [5, 5.41) is 9.18. The molecule has 0 aliphatic rings. The van der Waals surface area contributed by atoms with E-state index < -0.39 is 11.8 Å². The van der Waals surface area contributed by atoms with Gasteiger partial charge in [0.2, 0.25) is 0 Å². The lowest BCUT2D eigenvalue weighted by Gasteiger charge is -2.13. The van der Waals surface area contributed by atoms with Crippen LogP contribution in [-0.4, -0.2) is 37.7 Å². The van der Waals surface area contributed by atoms with Crippen molar-refractivity contribution < 1.29 is 23.9 Å². The number of hydrogen-bond donors (Lipinski definition) is 3. The zero-order valence-corrected chi connectivity index (χ0v) is 20.3. The minimum absolute atomic E-state index is 0.217. The summed E-state index contributed by atoms with van der Waals surface area (Å²) in [4.78, 5) is 36.5. The molecule has 186 valence electrons. The first-order valence-corrected chi connectivity index (χ1v) is 11.2. The standard InChI is InChI=1S/C27H28N4O5/c1-18-11-13-20(14-12-18)15-28-26(33)27(34)31-29-16-21-8-6-10-23(35-3)25(21)36-17-24(32)30-22-9-5-4-7-19(22)2/h4-14,16H,15,17H2,1-3H3,(H,28,33)(H,30,32)(H,31,34)/b29-16-. The number of hydrogen-bond acceptors (Lipinski definition) is 6. The second kappa shape index (κ2) is 12.7. The number of anilines is 1. The van der Waals surface area contributed by atoms with E-state index in [2.05, 4.69) is 21.2 Å². The van der Waals surface area contributed by atoms with Crippen LogP contribution < -0.4 is 25.5 Å². The first kappa shape index (κ1) is 26.0. The number of carbonyl (C=O) groups is 3. The van der Waals surface area contributed by atoms with Gasteiger partial charge in [-0.3, -0.25) is 14.4 Å². The lowest BCUT2D eigenvalue weighted by molar-refractivity contribution is -0.139. The largest absolute Gasteiger partial charge is 0.493 e. The van der Waals surface area contributed by atoms with Crippen molar-refractivity contribution in [2.24, 2.45) is 5.10 Å². The van der Waals surface area contributed by atoms with Crippen molar-refractivity contribution in [3.8, 4) is 11.5 Å². The summed E-state index contributed by atoms with van der Waals surface area (Å²) in [6.45, 7) is 3.80. The molecule has 0 aliphatic carbocycles. The predicted molar refractivity (Wildman–Crippen MR) is 137 cm³/mol. The average Bonchev–Trinajstić information content (AvgIpc) is 2.88. The number of methoxy groups -OCH3 is 1. The summed E-state index contributed by atoms with van der Waals surface area (Å²) in [5.74, 6) is -1.44. The van der Waals surface area contributed by atoms with Gasteiger partial charge in [-0.05, 0) is 43.2 Å². The molecule has 0 unspecified atom stereocenters. The van der Waals surface area contributed by atoms with Crippen LogP contribution in [0.3, 0.4) is 0 Å². The molecule has 0 radical (unpaired) electrons. The van der Waals surface area contributed by atoms with E-state index in [0.29, 0.717) is 17.0 Å². The smallest absolute Gasteiger partial charge is 0.329 e. The van der Waals surface area contributed by atoms with E-state index in [-0.39, 0.29) is 24.8 Å². The Hall–Kier alpha value is -4.66. The van der Waals surface area contributed by atoms with E-state index in [4.69, 9.17) is 9.47 Å². The molecule has 0 aliphatic heterocycles. The molecule has 3 aromatic carbocycles. The molecular formula is C27H28N4O5. The van der Waals surface area contributed by atoms with E-state index >= 15 is 0 Å². The predicted octanol–water partition coefficient (Wildman–Crippen LogP) is 3.10. The third-order valence-corrected chi connectivity index (χ3v) is 5.15. The highest BCUT2D eigenvalue weighted by Gasteiger charge is 2.14. The van der Waals surface area contributed by atoms with E-state index in [1.807, 2.05) is 56.3 Å². The van der Waals surface area contributed by atoms with E-state index in [9.17, 15) is 14.4 Å². The van der Waals surface area contributed by atoms with Crippen LogP contribution in [0.2, 0.25) is 0 Å². The lowest BCUT2D eigenvalue weighted by atomic mass is 10.1. The number of rotatable bonds is 9. The van der Waals surface area contributed by atoms with E-state index in [0.717, 1.165) is 16.7 Å². The van der Waals surface area contributed by atoms with Crippen molar-refractivity contribution in [2.45, 2.75) is 20.4 Å². The van der Waals surface area contributed by atoms with Gasteiger partial charge in [0.15, 0.2) is 18.1 Å². The summed E-state index contributed by atoms with van der Waals surface area (Å²) < 4.78 is 11.0. The molecule has 3 N–H and O–H groups in total. The van der Waals surface area contributed by atoms with Gasteiger partial charge in [-0.15, -0.1) is 0 Å². The molecule has 0 atom stereocenters. The van der Waals surface area contributed by atoms with Crippen molar-refractivity contribution in [3.63, 3.8) is 0 Å². The van der Waals surface area contributed by atoms with Gasteiger partial charge in [0, 0.05) is 17.8 Å². The number of nitrogens with one attached hydrogen (secondary N) is 3. The Morgan fingerprint density at radius 2 is 1.67 bits per heavy atom. The molecule has 0 spiro atoms. The van der Waals surface area contributed by atoms with Gasteiger partial charge in [0.1, 0.15) is 0 Å². The third kappa shape index (κ3) is 7.42. The summed E-state index contributed by atoms with van der Waals surface area (Å²) in [6.07, 6.45) is 1.31. The van der Waals surface area contributed by atoms with Crippen LogP contribution in [0.15, 0.2) is 71.8 Å². The van der Waals surface area contributed by atoms with Crippen molar-refractivity contribution in [1.82, 2.24) is 10.7 Å². The molecule has 0 fully saturated rings. The quantitative estimate of drug-likeness (QED) is 0.243. The van der Waals surface area contributed by atoms with Crippen LogP contribution in [0, 0.1) is 13.8 Å². The first-order valence-electron chi connectivity index (χ1n) is 11.2. The van der Waals surface area contributed by atoms with Crippen LogP contribution in [0.25, 0.3) is 0 Å². The average molecular weight is 489 g/mol. The molecule has 0 bridgehead atoms. The van der Waals surface area contributed by atoms with Crippen molar-refractivity contribution in [3.05, 3.63) is 89.0 Å². The molecule has 9 nitrogen and oxygen atoms in total. The molecule has 36 heavy (non-hydrogen) atoms. The molecule has 3 aromatic rings. The summed E-state index contributed by atoms with van der Waals surface area (Å²) >= 11 is 0. The fourth-order valence-corrected chi connectivity index (χ4v) is 3.17. The number of aryl methyl sites for hydroxylation is 2. The van der Waals surface area contributed by atoms with Gasteiger partial charge < -0.3 is 20.1 Å². The number of nitrogens with zero attached hydrogens (tertiary/aromatic N) is 1. The van der Waals surface area contributed by atoms with Gasteiger partial charge in [0.25, 0.3) is 5.91 Å². The first-order chi connectivity index (χ1) is 17.4. The number of para-hydroxylation sites is 2. The van der Waals surface area contributed by atoms with Crippen molar-refractivity contribution in [1.29, 1.82) is 0 Å². The van der Waals surface area contributed by atoms with E-state index in [1.165, 1.54) is 13.3 Å². The van der Waals surface area contributed by atoms with Gasteiger partial charge in [-0.25, -0.2) is 5.43 Å². The molecular weight excluding hydrogens is 460 g/mol. The maximum absolute atomic E-state index is 12.4. The summed E-state index contributed by atoms with van der Waals surface area (Å²) in [5.41, 5.74) is 6.22. The number of benzene rings is 3. The Labute approximate surface area is 209 Å². The van der Waals surface area contributed by atoms with Crippen LogP contribution >= 0.6 is 0 Å².